The molecule has 0 aromatic carbocycles. The molecular weight excluding hydrogens is 290 g/mol. The van der Waals surface area contributed by atoms with E-state index < -0.39 is 9.84 Å². The standard InChI is InChI=1S/C11H24BrNO2S/c1-5-11(6-2,9-12)10-13(3)7-8-16(4,14)15/h5-10H2,1-4H3. The maximum atomic E-state index is 11.1. The quantitative estimate of drug-likeness (QED) is 0.644. The molecule has 16 heavy (non-hydrogen) atoms. The summed E-state index contributed by atoms with van der Waals surface area (Å²) in [6.45, 7) is 5.94. The van der Waals surface area contributed by atoms with Gasteiger partial charge in [0.05, 0.1) is 5.75 Å². The molecule has 0 heterocycles. The Morgan fingerprint density at radius 1 is 1.25 bits per heavy atom. The second-order valence-corrected chi connectivity index (χ2v) is 7.53. The Balaban J connectivity index is 4.26. The molecule has 0 bridgehead atoms. The summed E-state index contributed by atoms with van der Waals surface area (Å²) in [7, 11) is -0.854. The number of hydrogen-bond donors (Lipinski definition) is 0. The van der Waals surface area contributed by atoms with Crippen molar-refractivity contribution >= 4 is 25.8 Å². The SMILES string of the molecule is CCC(CC)(CBr)CN(C)CCS(C)(=O)=O. The van der Waals surface area contributed by atoms with Gasteiger partial charge in [-0.3, -0.25) is 0 Å². The highest BCUT2D eigenvalue weighted by Gasteiger charge is 2.26. The van der Waals surface area contributed by atoms with Gasteiger partial charge in [0, 0.05) is 24.7 Å². The van der Waals surface area contributed by atoms with Gasteiger partial charge >= 0.3 is 0 Å². The van der Waals surface area contributed by atoms with Crippen LogP contribution in [0.1, 0.15) is 26.7 Å². The van der Waals surface area contributed by atoms with E-state index >= 15 is 0 Å². The second-order valence-electron chi connectivity index (χ2n) is 4.71. The van der Waals surface area contributed by atoms with Crippen molar-refractivity contribution in [1.29, 1.82) is 0 Å². The zero-order valence-corrected chi connectivity index (χ0v) is 13.2. The average Bonchev–Trinajstić information content (AvgIpc) is 2.22. The van der Waals surface area contributed by atoms with Crippen molar-refractivity contribution in [2.24, 2.45) is 5.41 Å². The molecule has 0 aliphatic heterocycles. The van der Waals surface area contributed by atoms with Gasteiger partial charge in [-0.1, -0.05) is 29.8 Å². The molecule has 0 rings (SSSR count). The summed E-state index contributed by atoms with van der Waals surface area (Å²) in [6.07, 6.45) is 3.51. The van der Waals surface area contributed by atoms with E-state index in [2.05, 4.69) is 34.7 Å². The van der Waals surface area contributed by atoms with E-state index in [0.29, 0.717) is 6.54 Å². The molecule has 0 aliphatic rings. The summed E-state index contributed by atoms with van der Waals surface area (Å²) in [6, 6.07) is 0. The first kappa shape index (κ1) is 16.4. The van der Waals surface area contributed by atoms with E-state index in [1.807, 2.05) is 7.05 Å². The summed E-state index contributed by atoms with van der Waals surface area (Å²) in [5.74, 6) is 0.245. The van der Waals surface area contributed by atoms with Crippen LogP contribution in [0.3, 0.4) is 0 Å². The molecule has 0 saturated carbocycles. The summed E-state index contributed by atoms with van der Waals surface area (Å²) >= 11 is 3.57. The minimum atomic E-state index is -2.85. The molecule has 0 radical (unpaired) electrons. The third-order valence-corrected chi connectivity index (χ3v) is 5.35. The number of rotatable bonds is 8. The van der Waals surface area contributed by atoms with Crippen molar-refractivity contribution in [2.75, 3.05) is 37.5 Å². The molecular formula is C11H24BrNO2S. The van der Waals surface area contributed by atoms with Crippen LogP contribution in [0.2, 0.25) is 0 Å². The Hall–Kier alpha value is 0.390. The Bertz CT molecular complexity index is 278. The third-order valence-electron chi connectivity index (χ3n) is 3.23. The molecule has 0 atom stereocenters. The fourth-order valence-corrected chi connectivity index (χ4v) is 3.29. The van der Waals surface area contributed by atoms with Gasteiger partial charge in [-0.15, -0.1) is 0 Å². The van der Waals surface area contributed by atoms with Crippen molar-refractivity contribution in [3.05, 3.63) is 0 Å². The Morgan fingerprint density at radius 2 is 1.75 bits per heavy atom. The number of halogens is 1. The van der Waals surface area contributed by atoms with Crippen LogP contribution in [0.25, 0.3) is 0 Å². The highest BCUT2D eigenvalue weighted by molar-refractivity contribution is 9.09. The van der Waals surface area contributed by atoms with E-state index in [-0.39, 0.29) is 11.2 Å². The molecule has 0 fully saturated rings. The van der Waals surface area contributed by atoms with Gasteiger partial charge in [-0.05, 0) is 25.3 Å². The van der Waals surface area contributed by atoms with Crippen molar-refractivity contribution in [3.8, 4) is 0 Å². The molecule has 3 nitrogen and oxygen atoms in total. The molecule has 98 valence electrons. The Kier molecular flexibility index (Phi) is 7.14. The number of sulfone groups is 1. The zero-order chi connectivity index (χ0) is 12.8. The minimum Gasteiger partial charge on any atom is -0.305 e. The van der Waals surface area contributed by atoms with Gasteiger partial charge in [0.2, 0.25) is 0 Å². The minimum absolute atomic E-state index is 0.245. The largest absolute Gasteiger partial charge is 0.305 e. The van der Waals surface area contributed by atoms with Crippen molar-refractivity contribution in [3.63, 3.8) is 0 Å². The summed E-state index contributed by atoms with van der Waals surface area (Å²) in [5.41, 5.74) is 0.270. The first-order valence-electron chi connectivity index (χ1n) is 5.71. The molecule has 0 amide bonds. The smallest absolute Gasteiger partial charge is 0.148 e. The lowest BCUT2D eigenvalue weighted by molar-refractivity contribution is 0.192. The van der Waals surface area contributed by atoms with Gasteiger partial charge in [-0.25, -0.2) is 8.42 Å². The van der Waals surface area contributed by atoms with Crippen molar-refractivity contribution < 1.29 is 8.42 Å². The van der Waals surface area contributed by atoms with Crippen LogP contribution < -0.4 is 0 Å². The Morgan fingerprint density at radius 3 is 2.06 bits per heavy atom. The number of alkyl halides is 1. The molecule has 0 aromatic heterocycles. The maximum absolute atomic E-state index is 11.1. The maximum Gasteiger partial charge on any atom is 0.148 e. The molecule has 0 spiro atoms. The number of nitrogens with zero attached hydrogens (tertiary/aromatic N) is 1. The highest BCUT2D eigenvalue weighted by atomic mass is 79.9. The van der Waals surface area contributed by atoms with Crippen LogP contribution >= 0.6 is 15.9 Å². The zero-order valence-electron chi connectivity index (χ0n) is 10.8. The molecule has 0 aromatic rings. The Labute approximate surface area is 109 Å². The van der Waals surface area contributed by atoms with Crippen LogP contribution in [0.5, 0.6) is 0 Å². The first-order valence-corrected chi connectivity index (χ1v) is 8.89. The monoisotopic (exact) mass is 313 g/mol. The van der Waals surface area contributed by atoms with Crippen LogP contribution in [0, 0.1) is 5.41 Å². The number of hydrogen-bond acceptors (Lipinski definition) is 3. The van der Waals surface area contributed by atoms with Crippen molar-refractivity contribution in [2.45, 2.75) is 26.7 Å². The fourth-order valence-electron chi connectivity index (χ4n) is 1.68. The summed E-state index contributed by atoms with van der Waals surface area (Å²) < 4.78 is 22.1. The third kappa shape index (κ3) is 6.21. The van der Waals surface area contributed by atoms with Gasteiger partial charge in [0.1, 0.15) is 9.84 Å². The highest BCUT2D eigenvalue weighted by Crippen LogP contribution is 2.29. The predicted octanol–water partition coefficient (Wildman–Crippen LogP) is 2.16. The summed E-state index contributed by atoms with van der Waals surface area (Å²) in [4.78, 5) is 2.12. The lowest BCUT2D eigenvalue weighted by Gasteiger charge is -2.34. The van der Waals surface area contributed by atoms with Gasteiger partial charge < -0.3 is 4.90 Å². The van der Waals surface area contributed by atoms with Crippen LogP contribution in [0.4, 0.5) is 0 Å². The van der Waals surface area contributed by atoms with E-state index in [1.54, 1.807) is 0 Å². The van der Waals surface area contributed by atoms with Gasteiger partial charge in [-0.2, -0.15) is 0 Å². The van der Waals surface area contributed by atoms with Gasteiger partial charge in [0.15, 0.2) is 0 Å². The van der Waals surface area contributed by atoms with Crippen molar-refractivity contribution in [1.82, 2.24) is 4.90 Å². The molecule has 0 saturated heterocycles. The van der Waals surface area contributed by atoms with E-state index in [0.717, 1.165) is 24.7 Å². The average molecular weight is 314 g/mol. The van der Waals surface area contributed by atoms with E-state index in [1.165, 1.54) is 6.26 Å². The first-order chi connectivity index (χ1) is 7.28. The molecule has 0 unspecified atom stereocenters. The predicted molar refractivity (Wildman–Crippen MR) is 74.0 cm³/mol. The lowest BCUT2D eigenvalue weighted by atomic mass is 9.84. The molecule has 0 aliphatic carbocycles. The topological polar surface area (TPSA) is 37.4 Å². The normalized spacial score (nSPS) is 13.4. The van der Waals surface area contributed by atoms with E-state index in [4.69, 9.17) is 0 Å². The fraction of sp³-hybridized carbons (Fsp3) is 1.00. The van der Waals surface area contributed by atoms with Gasteiger partial charge in [0.25, 0.3) is 0 Å². The van der Waals surface area contributed by atoms with Crippen LogP contribution in [-0.4, -0.2) is 50.8 Å². The second kappa shape index (κ2) is 6.97. The lowest BCUT2D eigenvalue weighted by Crippen LogP contribution is -2.38. The van der Waals surface area contributed by atoms with Crippen LogP contribution in [0.15, 0.2) is 0 Å². The van der Waals surface area contributed by atoms with E-state index in [9.17, 15) is 8.42 Å². The summed E-state index contributed by atoms with van der Waals surface area (Å²) in [5, 5.41) is 0.968. The molecule has 0 N–H and O–H groups in total. The van der Waals surface area contributed by atoms with Crippen LogP contribution in [-0.2, 0) is 9.84 Å². The molecule has 5 heteroatoms.